The summed E-state index contributed by atoms with van der Waals surface area (Å²) in [6.07, 6.45) is 1.44. The van der Waals surface area contributed by atoms with Gasteiger partial charge in [-0.15, -0.1) is 0 Å². The fourth-order valence-electron chi connectivity index (χ4n) is 5.45. The van der Waals surface area contributed by atoms with Crippen molar-refractivity contribution in [1.29, 1.82) is 0 Å². The minimum Gasteiger partial charge on any atom is -0.272 e. The number of carbonyl (C=O) groups excluding carboxylic acids is 2. The zero-order valence-corrected chi connectivity index (χ0v) is 15.9. The highest BCUT2D eigenvalue weighted by molar-refractivity contribution is 6.08. The molecule has 0 unspecified atom stereocenters. The summed E-state index contributed by atoms with van der Waals surface area (Å²) >= 11 is 0. The Bertz CT molecular complexity index is 1120. The van der Waals surface area contributed by atoms with Crippen molar-refractivity contribution >= 4 is 18.0 Å². The van der Waals surface area contributed by atoms with Gasteiger partial charge in [-0.2, -0.15) is 10.1 Å². The number of rotatable bonds is 2. The lowest BCUT2D eigenvalue weighted by Crippen LogP contribution is -2.41. The molecule has 4 aliphatic rings. The average Bonchev–Trinajstić information content (AvgIpc) is 3.04. The van der Waals surface area contributed by atoms with Crippen LogP contribution in [0.25, 0.3) is 0 Å². The number of benzene rings is 3. The predicted molar refractivity (Wildman–Crippen MR) is 109 cm³/mol. The summed E-state index contributed by atoms with van der Waals surface area (Å²) < 4.78 is 13.1. The van der Waals surface area contributed by atoms with E-state index >= 15 is 0 Å². The first-order valence-electron chi connectivity index (χ1n) is 10.00. The molecular formula is C25H17FN2O2. The van der Waals surface area contributed by atoms with Crippen molar-refractivity contribution in [3.8, 4) is 0 Å². The maximum atomic E-state index is 13.4. The average molecular weight is 396 g/mol. The zero-order chi connectivity index (χ0) is 20.4. The Balaban J connectivity index is 1.45. The molecule has 146 valence electrons. The van der Waals surface area contributed by atoms with Gasteiger partial charge in [-0.1, -0.05) is 60.7 Å². The Labute approximate surface area is 172 Å². The summed E-state index contributed by atoms with van der Waals surface area (Å²) in [5.41, 5.74) is 5.16. The Hall–Kier alpha value is -3.60. The second kappa shape index (κ2) is 6.20. The van der Waals surface area contributed by atoms with Crippen molar-refractivity contribution in [1.82, 2.24) is 5.01 Å². The number of hydrogen-bond donors (Lipinski definition) is 0. The van der Waals surface area contributed by atoms with Crippen LogP contribution in [0.1, 0.15) is 39.7 Å². The lowest BCUT2D eigenvalue weighted by molar-refractivity contribution is -0.139. The van der Waals surface area contributed by atoms with Gasteiger partial charge in [0.15, 0.2) is 0 Å². The van der Waals surface area contributed by atoms with Crippen LogP contribution in [0.4, 0.5) is 4.39 Å². The van der Waals surface area contributed by atoms with Gasteiger partial charge in [-0.25, -0.2) is 4.39 Å². The fraction of sp³-hybridized carbons (Fsp3) is 0.160. The first-order valence-corrected chi connectivity index (χ1v) is 10.00. The predicted octanol–water partition coefficient (Wildman–Crippen LogP) is 4.05. The summed E-state index contributed by atoms with van der Waals surface area (Å²) in [6.45, 7) is 0. The van der Waals surface area contributed by atoms with Crippen molar-refractivity contribution in [2.75, 3.05) is 0 Å². The molecule has 1 heterocycles. The normalized spacial score (nSPS) is 26.1. The molecule has 1 fully saturated rings. The quantitative estimate of drug-likeness (QED) is 0.485. The van der Waals surface area contributed by atoms with Crippen molar-refractivity contribution in [2.45, 2.75) is 11.8 Å². The Kier molecular flexibility index (Phi) is 3.57. The van der Waals surface area contributed by atoms with Gasteiger partial charge in [0.25, 0.3) is 11.8 Å². The first-order chi connectivity index (χ1) is 14.6. The van der Waals surface area contributed by atoms with Crippen molar-refractivity contribution < 1.29 is 14.0 Å². The van der Waals surface area contributed by atoms with Gasteiger partial charge in [0.05, 0.1) is 18.1 Å². The number of amides is 2. The molecule has 3 aliphatic carbocycles. The first kappa shape index (κ1) is 17.3. The largest absolute Gasteiger partial charge is 0.272 e. The summed E-state index contributed by atoms with van der Waals surface area (Å²) in [6, 6.07) is 22.0. The van der Waals surface area contributed by atoms with Gasteiger partial charge in [0.2, 0.25) is 0 Å². The van der Waals surface area contributed by atoms with Crippen LogP contribution in [0.3, 0.4) is 0 Å². The highest BCUT2D eigenvalue weighted by Gasteiger charge is 2.61. The van der Waals surface area contributed by atoms with Gasteiger partial charge in [0.1, 0.15) is 5.82 Å². The van der Waals surface area contributed by atoms with Crippen LogP contribution < -0.4 is 0 Å². The van der Waals surface area contributed by atoms with E-state index in [1.165, 1.54) is 18.3 Å². The summed E-state index contributed by atoms with van der Waals surface area (Å²) in [5.74, 6) is -2.05. The van der Waals surface area contributed by atoms with Crippen molar-refractivity contribution in [3.63, 3.8) is 0 Å². The van der Waals surface area contributed by atoms with E-state index in [1.807, 2.05) is 24.3 Å². The molecule has 2 amide bonds. The number of hydrogen-bond acceptors (Lipinski definition) is 3. The molecule has 2 atom stereocenters. The van der Waals surface area contributed by atoms with E-state index < -0.39 is 11.8 Å². The number of nitrogens with zero attached hydrogens (tertiary/aromatic N) is 2. The van der Waals surface area contributed by atoms with Crippen LogP contribution in [0.5, 0.6) is 0 Å². The minimum absolute atomic E-state index is 0.144. The van der Waals surface area contributed by atoms with Gasteiger partial charge < -0.3 is 0 Å². The fourth-order valence-corrected chi connectivity index (χ4v) is 5.45. The van der Waals surface area contributed by atoms with Crippen molar-refractivity contribution in [3.05, 3.63) is 106 Å². The molecule has 3 aromatic carbocycles. The van der Waals surface area contributed by atoms with Crippen LogP contribution in [0.2, 0.25) is 0 Å². The molecular weight excluding hydrogens is 379 g/mol. The van der Waals surface area contributed by atoms with E-state index in [9.17, 15) is 14.0 Å². The van der Waals surface area contributed by atoms with Crippen molar-refractivity contribution in [2.24, 2.45) is 16.9 Å². The molecule has 4 nitrogen and oxygen atoms in total. The topological polar surface area (TPSA) is 49.7 Å². The highest BCUT2D eigenvalue weighted by atomic mass is 19.1. The Morgan fingerprint density at radius 1 is 0.700 bits per heavy atom. The van der Waals surface area contributed by atoms with E-state index in [2.05, 4.69) is 29.4 Å². The Morgan fingerprint density at radius 3 is 1.57 bits per heavy atom. The van der Waals surface area contributed by atoms with Crippen LogP contribution >= 0.6 is 0 Å². The van der Waals surface area contributed by atoms with Crippen LogP contribution in [0, 0.1) is 17.7 Å². The minimum atomic E-state index is -0.447. The van der Waals surface area contributed by atoms with Crippen LogP contribution in [-0.2, 0) is 9.59 Å². The van der Waals surface area contributed by atoms with Crippen LogP contribution in [-0.4, -0.2) is 23.0 Å². The standard InChI is InChI=1S/C25H17FN2O2/c26-15-11-9-14(10-12-15)13-27-28-24(29)22-20-16-5-1-2-6-17(16)21(23(22)25(28)30)19-8-4-3-7-18(19)20/h1-13,20-23H/b27-13-/t20?,21?,22-,23-/m0/s1. The monoisotopic (exact) mass is 396 g/mol. The highest BCUT2D eigenvalue weighted by Crippen LogP contribution is 2.60. The molecule has 1 aliphatic heterocycles. The molecule has 1 saturated heterocycles. The SMILES string of the molecule is O=C1[C@H]2C3c4ccccc4C(c4ccccc43)[C@@H]2C(=O)N1/N=C\c1ccc(F)cc1. The molecule has 0 saturated carbocycles. The second-order valence-electron chi connectivity index (χ2n) is 8.05. The molecule has 0 aromatic heterocycles. The lowest BCUT2D eigenvalue weighted by Gasteiger charge is -2.45. The lowest BCUT2D eigenvalue weighted by atomic mass is 9.55. The molecule has 0 spiro atoms. The van der Waals surface area contributed by atoms with E-state index in [0.717, 1.165) is 27.3 Å². The maximum absolute atomic E-state index is 13.4. The van der Waals surface area contributed by atoms with Crippen LogP contribution in [0.15, 0.2) is 77.9 Å². The van der Waals surface area contributed by atoms with Gasteiger partial charge in [-0.3, -0.25) is 9.59 Å². The molecule has 0 N–H and O–H groups in total. The third-order valence-electron chi connectivity index (χ3n) is 6.62. The summed E-state index contributed by atoms with van der Waals surface area (Å²) in [7, 11) is 0. The molecule has 3 aromatic rings. The molecule has 7 rings (SSSR count). The van der Waals surface area contributed by atoms with Gasteiger partial charge in [0, 0.05) is 11.8 Å². The summed E-state index contributed by atoms with van der Waals surface area (Å²) in [5, 5.41) is 5.24. The number of halogens is 1. The van der Waals surface area contributed by atoms with E-state index in [1.54, 1.807) is 12.1 Å². The van der Waals surface area contributed by atoms with Gasteiger partial charge >= 0.3 is 0 Å². The van der Waals surface area contributed by atoms with Gasteiger partial charge in [-0.05, 0) is 39.9 Å². The third-order valence-corrected chi connectivity index (χ3v) is 6.62. The molecule has 5 heteroatoms. The molecule has 0 radical (unpaired) electrons. The molecule has 2 bridgehead atoms. The van der Waals surface area contributed by atoms with E-state index in [-0.39, 0.29) is 29.5 Å². The third kappa shape index (κ3) is 2.23. The maximum Gasteiger partial charge on any atom is 0.254 e. The van der Waals surface area contributed by atoms with E-state index in [0.29, 0.717) is 5.56 Å². The Morgan fingerprint density at radius 2 is 1.13 bits per heavy atom. The zero-order valence-electron chi connectivity index (χ0n) is 15.9. The smallest absolute Gasteiger partial charge is 0.254 e. The number of hydrazone groups is 1. The molecule has 30 heavy (non-hydrogen) atoms. The number of carbonyl (C=O) groups is 2. The van der Waals surface area contributed by atoms with E-state index in [4.69, 9.17) is 0 Å². The number of imide groups is 1. The second-order valence-corrected chi connectivity index (χ2v) is 8.05. The summed E-state index contributed by atoms with van der Waals surface area (Å²) in [4.78, 5) is 26.7.